The molecule has 0 radical (unpaired) electrons. The summed E-state index contributed by atoms with van der Waals surface area (Å²) in [5, 5.41) is 4.57. The number of thiophene rings is 1. The largest absolute Gasteiger partial charge is 0.348 e. The van der Waals surface area contributed by atoms with Crippen molar-refractivity contribution in [3.63, 3.8) is 0 Å². The molecule has 1 atom stereocenters. The minimum absolute atomic E-state index is 0.00397. The highest BCUT2D eigenvalue weighted by Crippen LogP contribution is 2.28. The number of carbonyl (C=O) groups excluding carboxylic acids is 1. The van der Waals surface area contributed by atoms with Gasteiger partial charge >= 0.3 is 0 Å². The van der Waals surface area contributed by atoms with E-state index in [1.807, 2.05) is 0 Å². The third-order valence-corrected chi connectivity index (χ3v) is 6.28. The maximum Gasteiger partial charge on any atom is 0.262 e. The van der Waals surface area contributed by atoms with Gasteiger partial charge in [-0.05, 0) is 35.6 Å². The molecule has 1 aromatic heterocycles. The van der Waals surface area contributed by atoms with Crippen LogP contribution in [-0.2, 0) is 9.84 Å². The number of amides is 1. The third-order valence-electron chi connectivity index (χ3n) is 3.59. The van der Waals surface area contributed by atoms with Crippen molar-refractivity contribution in [2.45, 2.75) is 12.5 Å². The first-order chi connectivity index (χ1) is 10.4. The van der Waals surface area contributed by atoms with E-state index in [1.165, 1.54) is 23.5 Å². The van der Waals surface area contributed by atoms with Gasteiger partial charge in [0.15, 0.2) is 9.84 Å². The molecule has 4 nitrogen and oxygen atoms in total. The zero-order chi connectivity index (χ0) is 15.7. The number of nitrogens with one attached hydrogen (secondary N) is 1. The molecule has 0 spiro atoms. The molecule has 0 bridgehead atoms. The fourth-order valence-corrected chi connectivity index (χ4v) is 4.99. The van der Waals surface area contributed by atoms with Gasteiger partial charge < -0.3 is 5.32 Å². The average molecular weight is 339 g/mol. The van der Waals surface area contributed by atoms with Crippen LogP contribution < -0.4 is 5.32 Å². The molecule has 0 unspecified atom stereocenters. The van der Waals surface area contributed by atoms with Crippen LogP contribution in [0, 0.1) is 5.82 Å². The second-order valence-electron chi connectivity index (χ2n) is 5.24. The van der Waals surface area contributed by atoms with Crippen LogP contribution in [0.1, 0.15) is 16.1 Å². The van der Waals surface area contributed by atoms with Gasteiger partial charge in [0.2, 0.25) is 0 Å². The number of rotatable bonds is 3. The van der Waals surface area contributed by atoms with Crippen LogP contribution >= 0.6 is 11.3 Å². The molecule has 22 heavy (non-hydrogen) atoms. The highest BCUT2D eigenvalue weighted by molar-refractivity contribution is 7.91. The lowest BCUT2D eigenvalue weighted by atomic mass is 10.1. The van der Waals surface area contributed by atoms with E-state index in [4.69, 9.17) is 0 Å². The van der Waals surface area contributed by atoms with Gasteiger partial charge in [0.05, 0.1) is 16.4 Å². The van der Waals surface area contributed by atoms with Gasteiger partial charge in [-0.15, -0.1) is 11.3 Å². The van der Waals surface area contributed by atoms with Gasteiger partial charge in [-0.3, -0.25) is 4.79 Å². The van der Waals surface area contributed by atoms with Crippen molar-refractivity contribution in [1.29, 1.82) is 0 Å². The normalized spacial score (nSPS) is 20.0. The molecular formula is C15H14FNO3S2. The monoisotopic (exact) mass is 339 g/mol. The van der Waals surface area contributed by atoms with E-state index in [1.54, 1.807) is 23.6 Å². The Bertz CT molecular complexity index is 796. The fraction of sp³-hybridized carbons (Fsp3) is 0.267. The van der Waals surface area contributed by atoms with Crippen LogP contribution in [0.2, 0.25) is 0 Å². The number of hydrogen-bond acceptors (Lipinski definition) is 4. The van der Waals surface area contributed by atoms with Crippen molar-refractivity contribution in [3.05, 3.63) is 46.4 Å². The number of sulfone groups is 1. The lowest BCUT2D eigenvalue weighted by Gasteiger charge is -2.11. The highest BCUT2D eigenvalue weighted by atomic mass is 32.2. The Labute approximate surface area is 131 Å². The summed E-state index contributed by atoms with van der Waals surface area (Å²) >= 11 is 1.28. The van der Waals surface area contributed by atoms with E-state index in [0.29, 0.717) is 11.3 Å². The summed E-state index contributed by atoms with van der Waals surface area (Å²) in [4.78, 5) is 12.9. The maximum atomic E-state index is 13.0. The van der Waals surface area contributed by atoms with E-state index in [9.17, 15) is 17.6 Å². The summed E-state index contributed by atoms with van der Waals surface area (Å²) in [6, 6.07) is 7.40. The molecule has 0 aliphatic carbocycles. The molecule has 1 aliphatic rings. The summed E-state index contributed by atoms with van der Waals surface area (Å²) < 4.78 is 35.9. The maximum absolute atomic E-state index is 13.0. The summed E-state index contributed by atoms with van der Waals surface area (Å²) in [6.45, 7) is 0. The van der Waals surface area contributed by atoms with E-state index in [2.05, 4.69) is 5.32 Å². The van der Waals surface area contributed by atoms with Crippen LogP contribution in [0.15, 0.2) is 35.7 Å². The third kappa shape index (κ3) is 3.20. The van der Waals surface area contributed by atoms with Gasteiger partial charge in [0, 0.05) is 11.6 Å². The van der Waals surface area contributed by atoms with Crippen molar-refractivity contribution in [2.75, 3.05) is 11.5 Å². The highest BCUT2D eigenvalue weighted by Gasteiger charge is 2.29. The Balaban J connectivity index is 1.80. The molecule has 2 aromatic rings. The molecule has 1 aromatic carbocycles. The second kappa shape index (κ2) is 5.81. The minimum atomic E-state index is -3.03. The minimum Gasteiger partial charge on any atom is -0.348 e. The Morgan fingerprint density at radius 2 is 1.95 bits per heavy atom. The van der Waals surface area contributed by atoms with Crippen LogP contribution in [0.4, 0.5) is 4.39 Å². The molecule has 7 heteroatoms. The van der Waals surface area contributed by atoms with E-state index in [-0.39, 0.29) is 29.3 Å². The topological polar surface area (TPSA) is 63.2 Å². The lowest BCUT2D eigenvalue weighted by molar-refractivity contribution is 0.0946. The van der Waals surface area contributed by atoms with E-state index >= 15 is 0 Å². The van der Waals surface area contributed by atoms with Gasteiger partial charge in [0.25, 0.3) is 5.91 Å². The van der Waals surface area contributed by atoms with Crippen LogP contribution in [0.25, 0.3) is 11.1 Å². The van der Waals surface area contributed by atoms with Gasteiger partial charge in [-0.2, -0.15) is 0 Å². The first-order valence-corrected chi connectivity index (χ1v) is 9.49. The Morgan fingerprint density at radius 1 is 1.23 bits per heavy atom. The number of halogens is 1. The Kier molecular flexibility index (Phi) is 4.01. The van der Waals surface area contributed by atoms with Gasteiger partial charge in [-0.25, -0.2) is 12.8 Å². The SMILES string of the molecule is O=C(N[C@@H]1CCS(=O)(=O)C1)c1sccc1-c1ccc(F)cc1. The fourth-order valence-electron chi connectivity index (χ4n) is 2.50. The molecule has 2 heterocycles. The van der Waals surface area contributed by atoms with Crippen molar-refractivity contribution in [3.8, 4) is 11.1 Å². The quantitative estimate of drug-likeness (QED) is 0.934. The van der Waals surface area contributed by atoms with Crippen molar-refractivity contribution < 1.29 is 17.6 Å². The van der Waals surface area contributed by atoms with Gasteiger partial charge in [-0.1, -0.05) is 12.1 Å². The first kappa shape index (κ1) is 15.2. The lowest BCUT2D eigenvalue weighted by Crippen LogP contribution is -2.35. The Hall–Kier alpha value is -1.73. The average Bonchev–Trinajstić information content (AvgIpc) is 3.06. The molecule has 1 N–H and O–H groups in total. The van der Waals surface area contributed by atoms with Crippen LogP contribution in [0.5, 0.6) is 0 Å². The molecule has 3 rings (SSSR count). The van der Waals surface area contributed by atoms with Crippen molar-refractivity contribution >= 4 is 27.1 Å². The predicted octanol–water partition coefficient (Wildman–Crippen LogP) is 2.47. The molecule has 0 saturated carbocycles. The molecule has 1 aliphatic heterocycles. The van der Waals surface area contributed by atoms with Crippen LogP contribution in [-0.4, -0.2) is 31.9 Å². The zero-order valence-corrected chi connectivity index (χ0v) is 13.2. The second-order valence-corrected chi connectivity index (χ2v) is 8.39. The first-order valence-electron chi connectivity index (χ1n) is 6.79. The van der Waals surface area contributed by atoms with Crippen molar-refractivity contribution in [1.82, 2.24) is 5.32 Å². The molecule has 1 saturated heterocycles. The summed E-state index contributed by atoms with van der Waals surface area (Å²) in [7, 11) is -3.03. The summed E-state index contributed by atoms with van der Waals surface area (Å²) in [5.41, 5.74) is 1.48. The summed E-state index contributed by atoms with van der Waals surface area (Å²) in [6.07, 6.45) is 0.450. The predicted molar refractivity (Wildman–Crippen MR) is 84.2 cm³/mol. The smallest absolute Gasteiger partial charge is 0.262 e. The number of benzene rings is 1. The number of carbonyl (C=O) groups is 1. The zero-order valence-electron chi connectivity index (χ0n) is 11.6. The summed E-state index contributed by atoms with van der Waals surface area (Å²) in [5.74, 6) is -0.499. The number of hydrogen-bond donors (Lipinski definition) is 1. The molecular weight excluding hydrogens is 325 g/mol. The Morgan fingerprint density at radius 3 is 2.59 bits per heavy atom. The molecule has 1 amide bonds. The van der Waals surface area contributed by atoms with Crippen molar-refractivity contribution in [2.24, 2.45) is 0 Å². The van der Waals surface area contributed by atoms with Crippen LogP contribution in [0.3, 0.4) is 0 Å². The standard InChI is InChI=1S/C15H14FNO3S2/c16-11-3-1-10(2-4-11)13-5-7-21-14(13)15(18)17-12-6-8-22(19,20)9-12/h1-5,7,12H,6,8-9H2,(H,17,18)/t12-/m1/s1. The van der Waals surface area contributed by atoms with E-state index in [0.717, 1.165) is 11.1 Å². The van der Waals surface area contributed by atoms with Gasteiger partial charge in [0.1, 0.15) is 5.82 Å². The van der Waals surface area contributed by atoms with E-state index < -0.39 is 9.84 Å². The molecule has 1 fully saturated rings. The molecule has 116 valence electrons.